The fourth-order valence-corrected chi connectivity index (χ4v) is 3.57. The number of halogens is 3. The Hall–Kier alpha value is -3.89. The van der Waals surface area contributed by atoms with E-state index in [0.29, 0.717) is 34.3 Å². The topological polar surface area (TPSA) is 100 Å². The van der Waals surface area contributed by atoms with Crippen LogP contribution in [0.25, 0.3) is 11.7 Å². The lowest BCUT2D eigenvalue weighted by Crippen LogP contribution is -2.19. The fourth-order valence-electron chi connectivity index (χ4n) is 3.57. The molecule has 1 aliphatic carbocycles. The number of amides is 2. The number of hydrogen-bond donors (Lipinski definition) is 3. The fraction of sp³-hybridized carbons (Fsp3) is 0.273. The van der Waals surface area contributed by atoms with Crippen molar-refractivity contribution in [2.75, 3.05) is 17.2 Å². The predicted octanol–water partition coefficient (Wildman–Crippen LogP) is 3.74. The molecule has 3 heterocycles. The molecule has 170 valence electrons. The molecule has 0 atom stereocenters. The standard InChI is InChI=1S/C22H19F3N6O2/c23-22(24,25)15-2-1-3-16(8-15)28-17-9-18(26-10-12-4-5-12)31-20(29-17)14(11-27-31)6-13-7-19(32)30-21(13)33/h1-3,6,8-9,11-12,26H,4-5,7,10H2,(H,28,29)(H,30,32,33)/b13-6-. The molecule has 8 nitrogen and oxygen atoms in total. The molecular formula is C22H19F3N6O2. The highest BCUT2D eigenvalue weighted by Crippen LogP contribution is 2.32. The molecule has 0 bridgehead atoms. The number of rotatable bonds is 6. The Morgan fingerprint density at radius 3 is 2.73 bits per heavy atom. The molecule has 1 aromatic carbocycles. The van der Waals surface area contributed by atoms with Gasteiger partial charge in [0.05, 0.1) is 18.2 Å². The van der Waals surface area contributed by atoms with Crippen LogP contribution < -0.4 is 16.0 Å². The summed E-state index contributed by atoms with van der Waals surface area (Å²) in [5, 5.41) is 12.8. The van der Waals surface area contributed by atoms with E-state index in [9.17, 15) is 22.8 Å². The lowest BCUT2D eigenvalue weighted by atomic mass is 10.1. The molecule has 2 aliphatic rings. The van der Waals surface area contributed by atoms with Crippen molar-refractivity contribution in [3.63, 3.8) is 0 Å². The van der Waals surface area contributed by atoms with Crippen LogP contribution in [0, 0.1) is 5.92 Å². The number of alkyl halides is 3. The summed E-state index contributed by atoms with van der Waals surface area (Å²) < 4.78 is 40.9. The van der Waals surface area contributed by atoms with Crippen molar-refractivity contribution in [2.45, 2.75) is 25.4 Å². The first-order valence-electron chi connectivity index (χ1n) is 10.4. The summed E-state index contributed by atoms with van der Waals surface area (Å²) in [6, 6.07) is 6.52. The summed E-state index contributed by atoms with van der Waals surface area (Å²) >= 11 is 0. The second-order valence-corrected chi connectivity index (χ2v) is 8.11. The van der Waals surface area contributed by atoms with Crippen LogP contribution in [0.5, 0.6) is 0 Å². The first-order chi connectivity index (χ1) is 15.8. The SMILES string of the molecule is O=C1C/C(=C/c2cnn3c(NCC4CC4)cc(Nc4cccc(C(F)(F)F)c4)nc23)C(=O)N1. The van der Waals surface area contributed by atoms with Gasteiger partial charge in [-0.1, -0.05) is 6.07 Å². The minimum absolute atomic E-state index is 0.0366. The highest BCUT2D eigenvalue weighted by atomic mass is 19.4. The van der Waals surface area contributed by atoms with Crippen LogP contribution in [0.15, 0.2) is 42.1 Å². The highest BCUT2D eigenvalue weighted by Gasteiger charge is 2.30. The van der Waals surface area contributed by atoms with Crippen molar-refractivity contribution in [3.8, 4) is 0 Å². The van der Waals surface area contributed by atoms with Crippen LogP contribution in [-0.2, 0) is 15.8 Å². The van der Waals surface area contributed by atoms with Gasteiger partial charge in [0.1, 0.15) is 11.6 Å². The van der Waals surface area contributed by atoms with E-state index in [0.717, 1.165) is 31.5 Å². The Morgan fingerprint density at radius 1 is 1.21 bits per heavy atom. The van der Waals surface area contributed by atoms with E-state index >= 15 is 0 Å². The van der Waals surface area contributed by atoms with Crippen molar-refractivity contribution < 1.29 is 22.8 Å². The van der Waals surface area contributed by atoms with Gasteiger partial charge in [0.15, 0.2) is 5.65 Å². The summed E-state index contributed by atoms with van der Waals surface area (Å²) in [5.41, 5.74) is 0.657. The van der Waals surface area contributed by atoms with Crippen molar-refractivity contribution in [1.82, 2.24) is 19.9 Å². The van der Waals surface area contributed by atoms with Crippen LogP contribution in [0.4, 0.5) is 30.5 Å². The molecule has 1 saturated heterocycles. The average molecular weight is 456 g/mol. The number of carbonyl (C=O) groups excluding carboxylic acids is 2. The number of fused-ring (bicyclic) bond motifs is 1. The smallest absolute Gasteiger partial charge is 0.370 e. The predicted molar refractivity (Wildman–Crippen MR) is 115 cm³/mol. The Balaban J connectivity index is 1.53. The highest BCUT2D eigenvalue weighted by molar-refractivity contribution is 6.15. The van der Waals surface area contributed by atoms with Crippen LogP contribution >= 0.6 is 0 Å². The van der Waals surface area contributed by atoms with Gasteiger partial charge in [-0.05, 0) is 43.0 Å². The Labute approximate surface area is 185 Å². The van der Waals surface area contributed by atoms with Crippen molar-refractivity contribution in [2.24, 2.45) is 5.92 Å². The van der Waals surface area contributed by atoms with Gasteiger partial charge in [0.25, 0.3) is 5.91 Å². The molecule has 1 aliphatic heterocycles. The number of nitrogens with one attached hydrogen (secondary N) is 3. The number of benzene rings is 1. The first-order valence-corrected chi connectivity index (χ1v) is 10.4. The molecule has 3 N–H and O–H groups in total. The summed E-state index contributed by atoms with van der Waals surface area (Å²) in [6.45, 7) is 0.731. The van der Waals surface area contributed by atoms with Gasteiger partial charge in [0, 0.05) is 29.4 Å². The maximum atomic E-state index is 13.1. The maximum absolute atomic E-state index is 13.1. The molecule has 11 heteroatoms. The molecule has 5 rings (SSSR count). The van der Waals surface area contributed by atoms with Crippen LogP contribution in [0.3, 0.4) is 0 Å². The number of carbonyl (C=O) groups is 2. The third-order valence-corrected chi connectivity index (χ3v) is 5.46. The number of anilines is 3. The normalized spacial score (nSPS) is 17.6. The van der Waals surface area contributed by atoms with Gasteiger partial charge in [0.2, 0.25) is 5.91 Å². The number of imide groups is 1. The van der Waals surface area contributed by atoms with Gasteiger partial charge in [-0.3, -0.25) is 14.9 Å². The summed E-state index contributed by atoms with van der Waals surface area (Å²) in [6.07, 6.45) is 0.851. The zero-order chi connectivity index (χ0) is 23.2. The van der Waals surface area contributed by atoms with Crippen molar-refractivity contribution in [3.05, 3.63) is 53.2 Å². The van der Waals surface area contributed by atoms with Gasteiger partial charge in [-0.2, -0.15) is 22.8 Å². The van der Waals surface area contributed by atoms with Gasteiger partial charge >= 0.3 is 6.18 Å². The molecule has 1 saturated carbocycles. The van der Waals surface area contributed by atoms with E-state index in [1.165, 1.54) is 18.3 Å². The minimum Gasteiger partial charge on any atom is -0.370 e. The second kappa shape index (κ2) is 7.91. The Morgan fingerprint density at radius 2 is 2.03 bits per heavy atom. The van der Waals surface area contributed by atoms with Crippen LogP contribution in [0.1, 0.15) is 30.4 Å². The number of aromatic nitrogens is 3. The van der Waals surface area contributed by atoms with E-state index < -0.39 is 17.6 Å². The zero-order valence-electron chi connectivity index (χ0n) is 17.2. The average Bonchev–Trinajstić information content (AvgIpc) is 3.42. The van der Waals surface area contributed by atoms with Crippen molar-refractivity contribution in [1.29, 1.82) is 0 Å². The Bertz CT molecular complexity index is 1290. The third-order valence-electron chi connectivity index (χ3n) is 5.46. The first kappa shape index (κ1) is 21.0. The molecule has 2 aromatic heterocycles. The van der Waals surface area contributed by atoms with E-state index in [4.69, 9.17) is 0 Å². The molecule has 33 heavy (non-hydrogen) atoms. The van der Waals surface area contributed by atoms with Crippen molar-refractivity contribution >= 4 is 40.9 Å². The summed E-state index contributed by atoms with van der Waals surface area (Å²) in [5.74, 6) is 0.641. The number of nitrogens with zero attached hydrogens (tertiary/aromatic N) is 3. The maximum Gasteiger partial charge on any atom is 0.416 e. The quantitative estimate of drug-likeness (QED) is 0.386. The molecule has 2 fully saturated rings. The lowest BCUT2D eigenvalue weighted by molar-refractivity contribution is -0.137. The monoisotopic (exact) mass is 456 g/mol. The summed E-state index contributed by atoms with van der Waals surface area (Å²) in [4.78, 5) is 28.0. The number of hydrogen-bond acceptors (Lipinski definition) is 6. The molecule has 0 radical (unpaired) electrons. The van der Waals surface area contributed by atoms with Crippen LogP contribution in [-0.4, -0.2) is 33.0 Å². The van der Waals surface area contributed by atoms with Crippen LogP contribution in [0.2, 0.25) is 0 Å². The molecular weight excluding hydrogens is 437 g/mol. The van der Waals surface area contributed by atoms with Gasteiger partial charge < -0.3 is 10.6 Å². The van der Waals surface area contributed by atoms with E-state index in [1.807, 2.05) is 0 Å². The van der Waals surface area contributed by atoms with Gasteiger partial charge in [-0.15, -0.1) is 0 Å². The second-order valence-electron chi connectivity index (χ2n) is 8.11. The Kier molecular flexibility index (Phi) is 5.03. The van der Waals surface area contributed by atoms with E-state index in [-0.39, 0.29) is 18.0 Å². The lowest BCUT2D eigenvalue weighted by Gasteiger charge is -2.13. The molecule has 2 amide bonds. The summed E-state index contributed by atoms with van der Waals surface area (Å²) in [7, 11) is 0. The van der Waals surface area contributed by atoms with Gasteiger partial charge in [-0.25, -0.2) is 4.98 Å². The van der Waals surface area contributed by atoms with E-state index in [1.54, 1.807) is 16.7 Å². The zero-order valence-corrected chi connectivity index (χ0v) is 17.2. The van der Waals surface area contributed by atoms with E-state index in [2.05, 4.69) is 26.0 Å². The third kappa shape index (κ3) is 4.52. The molecule has 0 spiro atoms. The molecule has 0 unspecified atom stereocenters. The molecule has 3 aromatic rings. The largest absolute Gasteiger partial charge is 0.416 e. The minimum atomic E-state index is -4.46.